The normalized spacial score (nSPS) is 22.7. The van der Waals surface area contributed by atoms with Crippen LogP contribution in [-0.2, 0) is 14.4 Å². The van der Waals surface area contributed by atoms with Crippen molar-refractivity contribution in [2.75, 3.05) is 19.6 Å². The molecule has 25 heavy (non-hydrogen) atoms. The summed E-state index contributed by atoms with van der Waals surface area (Å²) in [4.78, 5) is 33.9. The summed E-state index contributed by atoms with van der Waals surface area (Å²) in [5, 5.41) is 19.8. The molecular weight excluding hydrogens is 347 g/mol. The maximum Gasteiger partial charge on any atom is 0.490 e. The molecule has 2 unspecified atom stereocenters. The molecule has 0 aromatic heterocycles. The molecule has 5 N–H and O–H groups in total. The summed E-state index contributed by atoms with van der Waals surface area (Å²) >= 11 is 0. The molecule has 2 heterocycles. The number of rotatable bonds is 4. The minimum absolute atomic E-state index is 0.0220. The molecule has 11 heteroatoms. The molecular formula is C14H22F3N3O5. The zero-order chi connectivity index (χ0) is 19.2. The highest BCUT2D eigenvalue weighted by atomic mass is 19.4. The van der Waals surface area contributed by atoms with Gasteiger partial charge in [0.1, 0.15) is 6.10 Å². The van der Waals surface area contributed by atoms with Crippen LogP contribution in [0.2, 0.25) is 0 Å². The standard InChI is InChI=1S/C12H21N3O3.C2HF3O2/c13-9(7-8-3-4-14-11(8)17)10(16)12(18)15-5-1-2-6-15;3-2(4,5)1(6)7/h8-10,16H,1-7,13H2,(H,14,17);(H,6,7)/t8-,9?,10?;/m0./s1. The van der Waals surface area contributed by atoms with Crippen LogP contribution in [0.5, 0.6) is 0 Å². The molecule has 0 saturated carbocycles. The molecule has 2 aliphatic rings. The van der Waals surface area contributed by atoms with E-state index in [0.717, 1.165) is 19.3 Å². The van der Waals surface area contributed by atoms with Crippen molar-refractivity contribution in [1.29, 1.82) is 0 Å². The summed E-state index contributed by atoms with van der Waals surface area (Å²) in [6, 6.07) is -0.660. The lowest BCUT2D eigenvalue weighted by molar-refractivity contribution is -0.192. The van der Waals surface area contributed by atoms with E-state index >= 15 is 0 Å². The number of aliphatic hydroxyl groups is 1. The summed E-state index contributed by atoms with van der Waals surface area (Å²) in [6.45, 7) is 2.06. The fourth-order valence-electron chi connectivity index (χ4n) is 2.64. The molecule has 2 amide bonds. The number of alkyl halides is 3. The first kappa shape index (κ1) is 21.2. The quantitative estimate of drug-likeness (QED) is 0.526. The molecule has 2 saturated heterocycles. The summed E-state index contributed by atoms with van der Waals surface area (Å²) in [5.74, 6) is -3.24. The average molecular weight is 369 g/mol. The van der Waals surface area contributed by atoms with Gasteiger partial charge in [0.05, 0.1) is 0 Å². The van der Waals surface area contributed by atoms with Crippen LogP contribution < -0.4 is 11.1 Å². The van der Waals surface area contributed by atoms with E-state index in [1.54, 1.807) is 4.90 Å². The fourth-order valence-corrected chi connectivity index (χ4v) is 2.64. The van der Waals surface area contributed by atoms with Crippen LogP contribution in [0.15, 0.2) is 0 Å². The number of hydrogen-bond donors (Lipinski definition) is 4. The molecule has 2 fully saturated rings. The van der Waals surface area contributed by atoms with Gasteiger partial charge in [-0.15, -0.1) is 0 Å². The van der Waals surface area contributed by atoms with Crippen LogP contribution in [0.3, 0.4) is 0 Å². The largest absolute Gasteiger partial charge is 0.490 e. The van der Waals surface area contributed by atoms with E-state index in [1.807, 2.05) is 0 Å². The Hall–Kier alpha value is -1.88. The third-order valence-corrected chi connectivity index (χ3v) is 4.04. The van der Waals surface area contributed by atoms with Gasteiger partial charge in [-0.25, -0.2) is 4.79 Å². The molecule has 0 spiro atoms. The highest BCUT2D eigenvalue weighted by molar-refractivity contribution is 5.83. The average Bonchev–Trinajstić information content (AvgIpc) is 3.18. The van der Waals surface area contributed by atoms with E-state index in [1.165, 1.54) is 0 Å². The maximum absolute atomic E-state index is 11.9. The number of likely N-dealkylation sites (tertiary alicyclic amines) is 1. The summed E-state index contributed by atoms with van der Waals surface area (Å²) in [7, 11) is 0. The van der Waals surface area contributed by atoms with E-state index in [9.17, 15) is 27.9 Å². The van der Waals surface area contributed by atoms with Crippen molar-refractivity contribution in [1.82, 2.24) is 10.2 Å². The monoisotopic (exact) mass is 369 g/mol. The van der Waals surface area contributed by atoms with Crippen molar-refractivity contribution in [2.45, 2.75) is 44.0 Å². The Bertz CT molecular complexity index is 495. The SMILES string of the molecule is NC(C[C@@H]1CCNC1=O)C(O)C(=O)N1CCCC1.O=C(O)C(F)(F)F. The van der Waals surface area contributed by atoms with Crippen LogP contribution in [0.25, 0.3) is 0 Å². The first-order valence-electron chi connectivity index (χ1n) is 7.84. The predicted molar refractivity (Wildman–Crippen MR) is 79.2 cm³/mol. The van der Waals surface area contributed by atoms with Gasteiger partial charge in [0.2, 0.25) is 5.91 Å². The van der Waals surface area contributed by atoms with Gasteiger partial charge in [-0.2, -0.15) is 13.2 Å². The maximum atomic E-state index is 11.9. The summed E-state index contributed by atoms with van der Waals surface area (Å²) in [5.41, 5.74) is 5.85. The molecule has 0 radical (unpaired) electrons. The Morgan fingerprint density at radius 1 is 1.32 bits per heavy atom. The lowest BCUT2D eigenvalue weighted by Gasteiger charge is -2.24. The molecule has 8 nitrogen and oxygen atoms in total. The Kier molecular flexibility index (Phi) is 7.61. The number of halogens is 3. The van der Waals surface area contributed by atoms with Crippen molar-refractivity contribution in [3.63, 3.8) is 0 Å². The van der Waals surface area contributed by atoms with Crippen LogP contribution in [0.4, 0.5) is 13.2 Å². The van der Waals surface area contributed by atoms with E-state index in [4.69, 9.17) is 15.6 Å². The molecule has 0 bridgehead atoms. The van der Waals surface area contributed by atoms with Gasteiger partial charge in [-0.1, -0.05) is 0 Å². The molecule has 2 aliphatic heterocycles. The zero-order valence-electron chi connectivity index (χ0n) is 13.5. The number of carboxylic acid groups (broad SMARTS) is 1. The number of aliphatic carboxylic acids is 1. The second-order valence-electron chi connectivity index (χ2n) is 5.96. The number of carbonyl (C=O) groups excluding carboxylic acids is 2. The lowest BCUT2D eigenvalue weighted by atomic mass is 9.95. The number of carbonyl (C=O) groups is 3. The summed E-state index contributed by atoms with van der Waals surface area (Å²) in [6.07, 6.45) is -3.20. The Morgan fingerprint density at radius 3 is 2.24 bits per heavy atom. The van der Waals surface area contributed by atoms with E-state index in [-0.39, 0.29) is 17.7 Å². The lowest BCUT2D eigenvalue weighted by Crippen LogP contribution is -2.48. The smallest absolute Gasteiger partial charge is 0.475 e. The van der Waals surface area contributed by atoms with Crippen LogP contribution in [0.1, 0.15) is 25.7 Å². The second-order valence-corrected chi connectivity index (χ2v) is 5.96. The number of carboxylic acids is 1. The predicted octanol–water partition coefficient (Wildman–Crippen LogP) is -0.543. The van der Waals surface area contributed by atoms with Crippen molar-refractivity contribution in [3.8, 4) is 0 Å². The van der Waals surface area contributed by atoms with Gasteiger partial charge in [-0.3, -0.25) is 9.59 Å². The van der Waals surface area contributed by atoms with Crippen LogP contribution in [0, 0.1) is 5.92 Å². The van der Waals surface area contributed by atoms with Crippen molar-refractivity contribution < 1.29 is 37.8 Å². The number of aliphatic hydroxyl groups excluding tert-OH is 1. The van der Waals surface area contributed by atoms with E-state index < -0.39 is 24.3 Å². The number of amides is 2. The minimum Gasteiger partial charge on any atom is -0.475 e. The van der Waals surface area contributed by atoms with E-state index in [2.05, 4.69) is 5.32 Å². The molecule has 0 aromatic carbocycles. The van der Waals surface area contributed by atoms with Gasteiger partial charge in [0.15, 0.2) is 0 Å². The molecule has 3 atom stereocenters. The number of hydrogen-bond acceptors (Lipinski definition) is 5. The highest BCUT2D eigenvalue weighted by Gasteiger charge is 2.38. The Balaban J connectivity index is 0.000000381. The van der Waals surface area contributed by atoms with Crippen molar-refractivity contribution in [2.24, 2.45) is 11.7 Å². The van der Waals surface area contributed by atoms with Crippen LogP contribution >= 0.6 is 0 Å². The van der Waals surface area contributed by atoms with Crippen molar-refractivity contribution in [3.05, 3.63) is 0 Å². The van der Waals surface area contributed by atoms with Gasteiger partial charge in [0.25, 0.3) is 5.91 Å². The Morgan fingerprint density at radius 2 is 1.84 bits per heavy atom. The molecule has 0 aromatic rings. The van der Waals surface area contributed by atoms with Gasteiger partial charge >= 0.3 is 12.1 Å². The van der Waals surface area contributed by atoms with Crippen molar-refractivity contribution >= 4 is 17.8 Å². The van der Waals surface area contributed by atoms with Gasteiger partial charge < -0.3 is 26.2 Å². The van der Waals surface area contributed by atoms with E-state index in [0.29, 0.717) is 26.1 Å². The molecule has 0 aliphatic carbocycles. The minimum atomic E-state index is -5.08. The first-order valence-corrected chi connectivity index (χ1v) is 7.84. The molecule has 2 rings (SSSR count). The summed E-state index contributed by atoms with van der Waals surface area (Å²) < 4.78 is 31.7. The third kappa shape index (κ3) is 6.50. The second kappa shape index (κ2) is 8.99. The highest BCUT2D eigenvalue weighted by Crippen LogP contribution is 2.18. The number of nitrogens with zero attached hydrogens (tertiary/aromatic N) is 1. The third-order valence-electron chi connectivity index (χ3n) is 4.04. The zero-order valence-corrected chi connectivity index (χ0v) is 13.5. The number of nitrogens with one attached hydrogen (secondary N) is 1. The number of nitrogens with two attached hydrogens (primary N) is 1. The first-order chi connectivity index (χ1) is 11.5. The topological polar surface area (TPSA) is 133 Å². The van der Waals surface area contributed by atoms with Gasteiger partial charge in [0, 0.05) is 31.6 Å². The van der Waals surface area contributed by atoms with Crippen LogP contribution in [-0.4, -0.2) is 70.9 Å². The van der Waals surface area contributed by atoms with Gasteiger partial charge in [-0.05, 0) is 25.7 Å². The Labute approximate surface area is 142 Å². The molecule has 144 valence electrons. The fraction of sp³-hybridized carbons (Fsp3) is 0.786.